The Bertz CT molecular complexity index is 1660. The van der Waals surface area contributed by atoms with E-state index < -0.39 is 36.1 Å². The zero-order valence-corrected chi connectivity index (χ0v) is 24.2. The summed E-state index contributed by atoms with van der Waals surface area (Å²) < 4.78 is 13.1. The smallest absolute Gasteiger partial charge is 0.373 e. The lowest BCUT2D eigenvalue weighted by Crippen LogP contribution is -2.48. The molecule has 1 aliphatic rings. The van der Waals surface area contributed by atoms with E-state index in [0.717, 1.165) is 11.1 Å². The van der Waals surface area contributed by atoms with E-state index in [0.29, 0.717) is 17.6 Å². The molecule has 2 aromatic carbocycles. The summed E-state index contributed by atoms with van der Waals surface area (Å²) in [5, 5.41) is 32.1. The van der Waals surface area contributed by atoms with Crippen LogP contribution in [0.15, 0.2) is 67.0 Å². The van der Waals surface area contributed by atoms with Gasteiger partial charge in [0.15, 0.2) is 23.6 Å². The highest BCUT2D eigenvalue weighted by molar-refractivity contribution is 6.28. The van der Waals surface area contributed by atoms with Gasteiger partial charge in [-0.05, 0) is 35.1 Å². The molecule has 2 aromatic heterocycles. The van der Waals surface area contributed by atoms with Crippen molar-refractivity contribution in [1.29, 1.82) is 0 Å². The van der Waals surface area contributed by atoms with E-state index in [-0.39, 0.29) is 36.0 Å². The van der Waals surface area contributed by atoms with Gasteiger partial charge in [0.25, 0.3) is 0 Å². The van der Waals surface area contributed by atoms with Gasteiger partial charge >= 0.3 is 12.1 Å². The molecule has 0 radical (unpaired) electrons. The van der Waals surface area contributed by atoms with Crippen molar-refractivity contribution in [3.8, 4) is 12.3 Å². The molecule has 1 fully saturated rings. The zero-order valence-electron chi connectivity index (χ0n) is 23.5. The number of hydrogen-bond acceptors (Lipinski definition) is 10. The maximum atomic E-state index is 11.9. The molecule has 12 nitrogen and oxygen atoms in total. The van der Waals surface area contributed by atoms with Gasteiger partial charge in [0.2, 0.25) is 5.28 Å². The van der Waals surface area contributed by atoms with Gasteiger partial charge in [-0.25, -0.2) is 14.8 Å². The monoisotopic (exact) mass is 620 g/mol. The predicted octanol–water partition coefficient (Wildman–Crippen LogP) is 2.58. The molecule has 5 rings (SSSR count). The number of carbonyl (C=O) groups excluding carboxylic acids is 2. The highest BCUT2D eigenvalue weighted by Crippen LogP contribution is 2.39. The summed E-state index contributed by atoms with van der Waals surface area (Å²) in [5.74, 6) is 1.13. The lowest BCUT2D eigenvalue weighted by molar-refractivity contribution is -0.191. The summed E-state index contributed by atoms with van der Waals surface area (Å²) in [6.07, 6.45) is 2.62. The topological polar surface area (TPSA) is 174 Å². The number of carboxylic acids is 1. The molecule has 44 heavy (non-hydrogen) atoms. The van der Waals surface area contributed by atoms with Gasteiger partial charge in [-0.2, -0.15) is 14.6 Å². The van der Waals surface area contributed by atoms with E-state index in [1.807, 2.05) is 36.4 Å². The van der Waals surface area contributed by atoms with Crippen molar-refractivity contribution in [3.05, 3.63) is 89.1 Å². The molecular formula is C31H29ClN4O8. The number of carboxylic acid groups (broad SMARTS) is 1. The van der Waals surface area contributed by atoms with Crippen LogP contribution in [0.4, 0.5) is 0 Å². The average molecular weight is 621 g/mol. The highest BCUT2D eigenvalue weighted by atomic mass is 35.5. The second kappa shape index (κ2) is 14.3. The van der Waals surface area contributed by atoms with E-state index in [4.69, 9.17) is 37.1 Å². The minimum Gasteiger partial charge on any atom is -0.479 e. The Labute approximate surface area is 257 Å². The van der Waals surface area contributed by atoms with Crippen molar-refractivity contribution in [2.75, 3.05) is 6.61 Å². The minimum absolute atomic E-state index is 0.0145. The second-order valence-electron chi connectivity index (χ2n) is 10.1. The number of terminal acetylenes is 1. The largest absolute Gasteiger partial charge is 0.479 e. The Hall–Kier alpha value is -4.47. The van der Waals surface area contributed by atoms with Crippen LogP contribution in [-0.2, 0) is 36.7 Å². The van der Waals surface area contributed by atoms with Gasteiger partial charge in [-0.3, -0.25) is 4.57 Å². The number of hydrogen-bond donors (Lipinski definition) is 3. The van der Waals surface area contributed by atoms with Crippen LogP contribution in [0.25, 0.3) is 11.2 Å². The maximum absolute atomic E-state index is 11.9. The van der Waals surface area contributed by atoms with E-state index in [1.165, 1.54) is 10.9 Å². The van der Waals surface area contributed by atoms with Crippen LogP contribution in [0.2, 0.25) is 5.28 Å². The van der Waals surface area contributed by atoms with Crippen LogP contribution in [0.3, 0.4) is 0 Å². The quantitative estimate of drug-likeness (QED) is 0.176. The average Bonchev–Trinajstić information content (AvgIpc) is 3.54. The first kappa shape index (κ1) is 32.4. The zero-order chi connectivity index (χ0) is 31.9. The van der Waals surface area contributed by atoms with E-state index >= 15 is 0 Å². The number of benzene rings is 2. The molecular weight excluding hydrogens is 592 g/mol. The Balaban J connectivity index is 0.00000141. The Morgan fingerprint density at radius 3 is 2.39 bits per heavy atom. The van der Waals surface area contributed by atoms with Gasteiger partial charge in [0.1, 0.15) is 17.7 Å². The molecule has 0 spiro atoms. The van der Waals surface area contributed by atoms with Crippen molar-refractivity contribution in [1.82, 2.24) is 19.5 Å². The van der Waals surface area contributed by atoms with Crippen molar-refractivity contribution in [2.45, 2.75) is 55.8 Å². The third-order valence-corrected chi connectivity index (χ3v) is 7.51. The first-order chi connectivity index (χ1) is 21.1. The molecule has 0 amide bonds. The fourth-order valence-electron chi connectivity index (χ4n) is 5.03. The van der Waals surface area contributed by atoms with Crippen LogP contribution in [0.1, 0.15) is 35.9 Å². The van der Waals surface area contributed by atoms with E-state index in [1.54, 1.807) is 24.3 Å². The molecule has 1 aliphatic heterocycles. The van der Waals surface area contributed by atoms with Crippen molar-refractivity contribution in [2.24, 2.45) is 0 Å². The van der Waals surface area contributed by atoms with Gasteiger partial charge in [-0.15, -0.1) is 6.42 Å². The fourth-order valence-corrected chi connectivity index (χ4v) is 5.21. The van der Waals surface area contributed by atoms with Crippen LogP contribution in [0, 0.1) is 12.3 Å². The lowest BCUT2D eigenvalue weighted by atomic mass is 9.93. The standard InChI is InChI=1S/C30H29ClN4O6.CO2/c1-3-30(39)23(16-40-22(28(37)38)15-19-10-6-4-7-11-19)41-27(25(30)36)35-17-32-24-21(33-29(31)34-26(24)35)14-18(2)20-12-8-5-9-13-20;2-1-3/h1,4-13,17-18,22-23,25,27,36,39H,14-16H2,2H3,(H,37,38);/t18-,22?,23+,25-,27+,30+;/m0./s1. The second-order valence-corrected chi connectivity index (χ2v) is 10.5. The number of aliphatic carboxylic acids is 1. The Kier molecular flexibility index (Phi) is 10.6. The van der Waals surface area contributed by atoms with E-state index in [2.05, 4.69) is 27.8 Å². The van der Waals surface area contributed by atoms with Crippen LogP contribution in [-0.4, -0.2) is 77.5 Å². The van der Waals surface area contributed by atoms with Crippen molar-refractivity contribution in [3.63, 3.8) is 0 Å². The predicted molar refractivity (Wildman–Crippen MR) is 155 cm³/mol. The Morgan fingerprint density at radius 1 is 1.14 bits per heavy atom. The molecule has 6 atom stereocenters. The molecule has 3 N–H and O–H groups in total. The molecule has 4 aromatic rings. The van der Waals surface area contributed by atoms with E-state index in [9.17, 15) is 20.1 Å². The lowest BCUT2D eigenvalue weighted by Gasteiger charge is -2.26. The molecule has 13 heteroatoms. The first-order valence-electron chi connectivity index (χ1n) is 13.5. The van der Waals surface area contributed by atoms with Gasteiger partial charge in [0, 0.05) is 6.42 Å². The number of aromatic nitrogens is 4. The number of aliphatic hydroxyl groups is 2. The molecule has 0 aliphatic carbocycles. The number of ether oxygens (including phenoxy) is 2. The number of imidazole rings is 1. The number of aliphatic hydroxyl groups excluding tert-OH is 1. The first-order valence-corrected chi connectivity index (χ1v) is 13.9. The molecule has 0 bridgehead atoms. The summed E-state index contributed by atoms with van der Waals surface area (Å²) in [5.41, 5.74) is 1.07. The summed E-state index contributed by atoms with van der Waals surface area (Å²) >= 11 is 6.29. The Morgan fingerprint density at radius 2 is 1.77 bits per heavy atom. The minimum atomic E-state index is -2.18. The summed E-state index contributed by atoms with van der Waals surface area (Å²) in [4.78, 5) is 41.3. The third kappa shape index (κ3) is 7.01. The SMILES string of the molecule is C#C[C@@]1(O)[C@@H](COC(Cc2ccccc2)C(=O)O)O[C@@H](n2cnc3c(C[C@H](C)c4ccccc4)nc(Cl)nc32)[C@@H]1O.O=C=O. The number of fused-ring (bicyclic) bond motifs is 1. The number of halogens is 1. The number of rotatable bonds is 10. The fraction of sp³-hybridized carbons (Fsp3) is 0.323. The number of nitrogens with zero attached hydrogens (tertiary/aromatic N) is 4. The summed E-state index contributed by atoms with van der Waals surface area (Å²) in [6.45, 7) is 1.68. The maximum Gasteiger partial charge on any atom is 0.373 e. The molecule has 228 valence electrons. The van der Waals surface area contributed by atoms with Crippen molar-refractivity contribution >= 4 is 34.9 Å². The third-order valence-electron chi connectivity index (χ3n) is 7.34. The van der Waals surface area contributed by atoms with Crippen molar-refractivity contribution < 1.29 is 39.2 Å². The molecule has 0 saturated carbocycles. The summed E-state index contributed by atoms with van der Waals surface area (Å²) in [7, 11) is 0. The van der Waals surface area contributed by atoms with Gasteiger partial charge in [0.05, 0.1) is 18.6 Å². The molecule has 1 saturated heterocycles. The van der Waals surface area contributed by atoms with Gasteiger partial charge < -0.3 is 24.8 Å². The van der Waals surface area contributed by atoms with Crippen LogP contribution >= 0.6 is 11.6 Å². The number of carbonyl (C=O) groups is 1. The molecule has 3 heterocycles. The van der Waals surface area contributed by atoms with Gasteiger partial charge in [-0.1, -0.05) is 73.5 Å². The van der Waals surface area contributed by atoms with Crippen LogP contribution < -0.4 is 0 Å². The molecule has 1 unspecified atom stereocenters. The normalized spacial score (nSPS) is 22.3. The summed E-state index contributed by atoms with van der Waals surface area (Å²) in [6, 6.07) is 18.9. The van der Waals surface area contributed by atoms with Crippen LogP contribution in [0.5, 0.6) is 0 Å². The highest BCUT2D eigenvalue weighted by Gasteiger charge is 2.56.